The fraction of sp³-hybridized carbons (Fsp3) is 0.429. The average Bonchev–Trinajstić information content (AvgIpc) is 2.43. The van der Waals surface area contributed by atoms with Crippen LogP contribution in [0, 0.1) is 0 Å². The third-order valence-corrected chi connectivity index (χ3v) is 3.19. The zero-order valence-electron chi connectivity index (χ0n) is 11.7. The van der Waals surface area contributed by atoms with Crippen molar-refractivity contribution < 1.29 is 14.3 Å². The van der Waals surface area contributed by atoms with Gasteiger partial charge in [-0.25, -0.2) is 0 Å². The molecule has 20 heavy (non-hydrogen) atoms. The Kier molecular flexibility index (Phi) is 4.24. The summed E-state index contributed by atoms with van der Waals surface area (Å²) in [5.41, 5.74) is 6.67. The summed E-state index contributed by atoms with van der Waals surface area (Å²) in [5.74, 6) is 0.443. The molecular weight excluding hydrogens is 258 g/mol. The Hall–Kier alpha value is -2.08. The van der Waals surface area contributed by atoms with Gasteiger partial charge < -0.3 is 20.7 Å². The molecule has 1 aliphatic rings. The van der Waals surface area contributed by atoms with E-state index in [2.05, 4.69) is 5.32 Å². The Labute approximate surface area is 117 Å². The number of benzene rings is 1. The second kappa shape index (κ2) is 5.92. The molecule has 0 aromatic heterocycles. The number of likely N-dealkylation sites (N-methyl/N-ethyl adjacent to an activating group) is 1. The van der Waals surface area contributed by atoms with Crippen molar-refractivity contribution in [1.29, 1.82) is 0 Å². The number of carbonyl (C=O) groups excluding carboxylic acids is 2. The van der Waals surface area contributed by atoms with Gasteiger partial charge >= 0.3 is 0 Å². The van der Waals surface area contributed by atoms with Gasteiger partial charge in [0.25, 0.3) is 5.91 Å². The number of carbonyl (C=O) groups is 2. The van der Waals surface area contributed by atoms with E-state index in [4.69, 9.17) is 10.5 Å². The molecule has 1 aromatic carbocycles. The maximum absolute atomic E-state index is 11.9. The first-order valence-corrected chi connectivity index (χ1v) is 6.61. The van der Waals surface area contributed by atoms with Crippen molar-refractivity contribution in [2.24, 2.45) is 5.73 Å². The maximum atomic E-state index is 11.9. The van der Waals surface area contributed by atoms with Gasteiger partial charge in [-0.15, -0.1) is 0 Å². The molecule has 0 aliphatic carbocycles. The molecule has 6 nitrogen and oxygen atoms in total. The zero-order chi connectivity index (χ0) is 14.7. The lowest BCUT2D eigenvalue weighted by Gasteiger charge is -2.30. The number of hydrogen-bond acceptors (Lipinski definition) is 4. The maximum Gasteiger partial charge on any atom is 0.267 e. The van der Waals surface area contributed by atoms with Crippen LogP contribution in [0.15, 0.2) is 18.2 Å². The number of rotatable bonds is 4. The monoisotopic (exact) mass is 277 g/mol. The first kappa shape index (κ1) is 14.3. The number of hydrogen-bond donors (Lipinski definition) is 2. The molecule has 0 fully saturated rings. The minimum atomic E-state index is -0.488. The number of nitrogens with one attached hydrogen (secondary N) is 1. The molecule has 1 aliphatic heterocycles. The quantitative estimate of drug-likeness (QED) is 0.863. The smallest absolute Gasteiger partial charge is 0.267 e. The number of ether oxygens (including phenoxy) is 1. The van der Waals surface area contributed by atoms with Gasteiger partial charge in [-0.3, -0.25) is 9.59 Å². The Morgan fingerprint density at radius 2 is 2.25 bits per heavy atom. The molecule has 1 heterocycles. The van der Waals surface area contributed by atoms with Gasteiger partial charge in [0.15, 0.2) is 6.10 Å². The Morgan fingerprint density at radius 1 is 1.50 bits per heavy atom. The predicted molar refractivity (Wildman–Crippen MR) is 76.9 cm³/mol. The lowest BCUT2D eigenvalue weighted by molar-refractivity contribution is -0.125. The van der Waals surface area contributed by atoms with Crippen molar-refractivity contribution >= 4 is 23.2 Å². The van der Waals surface area contributed by atoms with Crippen molar-refractivity contribution in [2.45, 2.75) is 25.9 Å². The van der Waals surface area contributed by atoms with Gasteiger partial charge in [0, 0.05) is 19.2 Å². The number of fused-ring (bicyclic) bond motifs is 1. The minimum Gasteiger partial charge on any atom is -0.479 e. The molecular formula is C14H19N3O3. The zero-order valence-corrected chi connectivity index (χ0v) is 11.7. The summed E-state index contributed by atoms with van der Waals surface area (Å²) < 4.78 is 5.52. The number of nitrogens with two attached hydrogens (primary N) is 1. The molecule has 3 N–H and O–H groups in total. The number of nitrogens with zero attached hydrogens (tertiary/aromatic N) is 1. The summed E-state index contributed by atoms with van der Waals surface area (Å²) in [6, 6.07) is 5.25. The minimum absolute atomic E-state index is 0.0884. The van der Waals surface area contributed by atoms with E-state index in [1.165, 1.54) is 0 Å². The molecule has 0 bridgehead atoms. The van der Waals surface area contributed by atoms with E-state index >= 15 is 0 Å². The first-order valence-electron chi connectivity index (χ1n) is 6.61. The number of anilines is 2. The number of amides is 2. The topological polar surface area (TPSA) is 84.7 Å². The van der Waals surface area contributed by atoms with Crippen LogP contribution in [-0.2, 0) is 9.59 Å². The van der Waals surface area contributed by atoms with Crippen LogP contribution >= 0.6 is 0 Å². The Bertz CT molecular complexity index is 530. The van der Waals surface area contributed by atoms with Crippen LogP contribution in [0.5, 0.6) is 5.75 Å². The molecule has 108 valence electrons. The summed E-state index contributed by atoms with van der Waals surface area (Å²) in [7, 11) is 1.69. The summed E-state index contributed by atoms with van der Waals surface area (Å²) in [6.45, 7) is 2.20. The fourth-order valence-corrected chi connectivity index (χ4v) is 2.08. The van der Waals surface area contributed by atoms with Crippen LogP contribution in [-0.4, -0.2) is 31.5 Å². The molecule has 2 amide bonds. The Morgan fingerprint density at radius 3 is 2.95 bits per heavy atom. The van der Waals surface area contributed by atoms with Crippen molar-refractivity contribution in [3.05, 3.63) is 18.2 Å². The molecule has 0 saturated carbocycles. The molecule has 1 aromatic rings. The van der Waals surface area contributed by atoms with Crippen LogP contribution in [0.4, 0.5) is 11.4 Å². The fourth-order valence-electron chi connectivity index (χ4n) is 2.08. The summed E-state index contributed by atoms with van der Waals surface area (Å²) >= 11 is 0. The largest absolute Gasteiger partial charge is 0.479 e. The van der Waals surface area contributed by atoms with Gasteiger partial charge in [-0.05, 0) is 38.1 Å². The SMILES string of the molecule is CC1Oc2ccc(NC(=O)CCCN)cc2N(C)C1=O. The highest BCUT2D eigenvalue weighted by atomic mass is 16.5. The van der Waals surface area contributed by atoms with Crippen molar-refractivity contribution in [3.8, 4) is 5.75 Å². The van der Waals surface area contributed by atoms with Crippen molar-refractivity contribution in [3.63, 3.8) is 0 Å². The molecule has 0 radical (unpaired) electrons. The van der Waals surface area contributed by atoms with Crippen LogP contribution in [0.2, 0.25) is 0 Å². The molecule has 0 saturated heterocycles. The van der Waals surface area contributed by atoms with Crippen LogP contribution in [0.3, 0.4) is 0 Å². The van der Waals surface area contributed by atoms with E-state index in [-0.39, 0.29) is 11.8 Å². The van der Waals surface area contributed by atoms with E-state index in [0.29, 0.717) is 36.5 Å². The van der Waals surface area contributed by atoms with E-state index in [1.807, 2.05) is 0 Å². The normalized spacial score (nSPS) is 17.4. The summed E-state index contributed by atoms with van der Waals surface area (Å²) in [5, 5.41) is 2.79. The lowest BCUT2D eigenvalue weighted by atomic mass is 10.1. The summed E-state index contributed by atoms with van der Waals surface area (Å²) in [6.07, 6.45) is 0.545. The van der Waals surface area contributed by atoms with E-state index in [9.17, 15) is 9.59 Å². The van der Waals surface area contributed by atoms with Gasteiger partial charge in [-0.1, -0.05) is 0 Å². The van der Waals surface area contributed by atoms with Gasteiger partial charge in [-0.2, -0.15) is 0 Å². The third-order valence-electron chi connectivity index (χ3n) is 3.19. The van der Waals surface area contributed by atoms with E-state index in [0.717, 1.165) is 0 Å². The molecule has 6 heteroatoms. The van der Waals surface area contributed by atoms with E-state index in [1.54, 1.807) is 37.1 Å². The van der Waals surface area contributed by atoms with E-state index < -0.39 is 6.10 Å². The van der Waals surface area contributed by atoms with Gasteiger partial charge in [0.1, 0.15) is 5.75 Å². The molecule has 1 atom stereocenters. The molecule has 0 spiro atoms. The molecule has 2 rings (SSSR count). The second-order valence-electron chi connectivity index (χ2n) is 4.78. The van der Waals surface area contributed by atoms with Crippen molar-refractivity contribution in [1.82, 2.24) is 0 Å². The van der Waals surface area contributed by atoms with Crippen LogP contribution in [0.1, 0.15) is 19.8 Å². The third kappa shape index (κ3) is 2.91. The van der Waals surface area contributed by atoms with Crippen LogP contribution < -0.4 is 20.7 Å². The standard InChI is InChI=1S/C14H19N3O3/c1-9-14(19)17(2)11-8-10(5-6-12(11)20-9)16-13(18)4-3-7-15/h5-6,8-9H,3-4,7,15H2,1-2H3,(H,16,18). The van der Waals surface area contributed by atoms with Crippen LogP contribution in [0.25, 0.3) is 0 Å². The van der Waals surface area contributed by atoms with Gasteiger partial charge in [0.05, 0.1) is 5.69 Å². The highest BCUT2D eigenvalue weighted by Crippen LogP contribution is 2.35. The Balaban J connectivity index is 2.15. The average molecular weight is 277 g/mol. The summed E-state index contributed by atoms with van der Waals surface area (Å²) in [4.78, 5) is 25.1. The first-order chi connectivity index (χ1) is 9.52. The predicted octanol–water partition coefficient (Wildman–Crippen LogP) is 1.11. The van der Waals surface area contributed by atoms with Gasteiger partial charge in [0.2, 0.25) is 5.91 Å². The van der Waals surface area contributed by atoms with Crippen molar-refractivity contribution in [2.75, 3.05) is 23.8 Å². The second-order valence-corrected chi connectivity index (χ2v) is 4.78. The lowest BCUT2D eigenvalue weighted by Crippen LogP contribution is -2.41. The molecule has 1 unspecified atom stereocenters. The highest BCUT2D eigenvalue weighted by Gasteiger charge is 2.28. The highest BCUT2D eigenvalue weighted by molar-refractivity contribution is 6.00.